The molecule has 3 rings (SSSR count). The maximum absolute atomic E-state index is 12.6. The number of benzene rings is 2. The quantitative estimate of drug-likeness (QED) is 0.727. The predicted molar refractivity (Wildman–Crippen MR) is 103 cm³/mol. The predicted octanol–water partition coefficient (Wildman–Crippen LogP) is 4.57. The summed E-state index contributed by atoms with van der Waals surface area (Å²) >= 11 is 3.63. The molecule has 0 radical (unpaired) electrons. The van der Waals surface area contributed by atoms with Crippen molar-refractivity contribution >= 4 is 22.0 Å². The topological polar surface area (TPSA) is 48.0 Å². The Bertz CT molecular complexity index is 808. The molecular weight excluding hydrogens is 398 g/mol. The average Bonchev–Trinajstić information content (AvgIpc) is 2.66. The van der Waals surface area contributed by atoms with Gasteiger partial charge in [0.25, 0.3) is 0 Å². The SMILES string of the molecule is CCOC(=O)N1CCc2cc(OC)c(OC)cc2C1c1ccccc1Br. The number of carbonyl (C=O) groups is 1. The van der Waals surface area contributed by atoms with Gasteiger partial charge in [-0.3, -0.25) is 4.90 Å². The minimum absolute atomic E-state index is 0.256. The molecule has 0 aromatic heterocycles. The summed E-state index contributed by atoms with van der Waals surface area (Å²) in [6, 6.07) is 11.6. The zero-order valence-electron chi connectivity index (χ0n) is 15.1. The van der Waals surface area contributed by atoms with E-state index in [1.807, 2.05) is 43.3 Å². The largest absolute Gasteiger partial charge is 0.493 e. The molecule has 0 spiro atoms. The summed E-state index contributed by atoms with van der Waals surface area (Å²) in [5.74, 6) is 1.34. The highest BCUT2D eigenvalue weighted by Gasteiger charge is 2.35. The number of amides is 1. The highest BCUT2D eigenvalue weighted by molar-refractivity contribution is 9.10. The number of ether oxygens (including phenoxy) is 3. The van der Waals surface area contributed by atoms with Gasteiger partial charge < -0.3 is 14.2 Å². The fraction of sp³-hybridized carbons (Fsp3) is 0.350. The Balaban J connectivity index is 2.17. The van der Waals surface area contributed by atoms with Crippen molar-refractivity contribution in [3.8, 4) is 11.5 Å². The second-order valence-corrected chi connectivity index (χ2v) is 6.83. The molecule has 2 aromatic rings. The third-order valence-electron chi connectivity index (χ3n) is 4.58. The van der Waals surface area contributed by atoms with Crippen LogP contribution in [0.25, 0.3) is 0 Å². The van der Waals surface area contributed by atoms with Gasteiger partial charge in [-0.25, -0.2) is 4.79 Å². The number of nitrogens with zero attached hydrogens (tertiary/aromatic N) is 1. The normalized spacial score (nSPS) is 16.0. The molecule has 1 amide bonds. The molecule has 0 aliphatic carbocycles. The van der Waals surface area contributed by atoms with E-state index in [9.17, 15) is 4.79 Å². The Hall–Kier alpha value is -2.21. The van der Waals surface area contributed by atoms with Gasteiger partial charge >= 0.3 is 6.09 Å². The molecule has 0 saturated carbocycles. The molecule has 0 bridgehead atoms. The molecule has 0 saturated heterocycles. The zero-order valence-corrected chi connectivity index (χ0v) is 16.7. The van der Waals surface area contributed by atoms with Crippen molar-refractivity contribution in [1.82, 2.24) is 4.90 Å². The first-order chi connectivity index (χ1) is 12.6. The van der Waals surface area contributed by atoms with Gasteiger partial charge in [0, 0.05) is 11.0 Å². The number of hydrogen-bond donors (Lipinski definition) is 0. The smallest absolute Gasteiger partial charge is 0.410 e. The van der Waals surface area contributed by atoms with E-state index in [0.29, 0.717) is 24.7 Å². The van der Waals surface area contributed by atoms with Crippen LogP contribution in [-0.4, -0.2) is 38.4 Å². The van der Waals surface area contributed by atoms with Crippen molar-refractivity contribution < 1.29 is 19.0 Å². The molecule has 5 nitrogen and oxygen atoms in total. The lowest BCUT2D eigenvalue weighted by atomic mass is 9.88. The summed E-state index contributed by atoms with van der Waals surface area (Å²) in [6.07, 6.45) is 0.420. The molecule has 1 aliphatic rings. The van der Waals surface area contributed by atoms with Crippen LogP contribution in [0.5, 0.6) is 11.5 Å². The first-order valence-corrected chi connectivity index (χ1v) is 9.32. The number of methoxy groups -OCH3 is 2. The molecule has 2 aromatic carbocycles. The van der Waals surface area contributed by atoms with Crippen molar-refractivity contribution in [2.45, 2.75) is 19.4 Å². The first kappa shape index (κ1) is 18.6. The average molecular weight is 420 g/mol. The lowest BCUT2D eigenvalue weighted by Crippen LogP contribution is -2.41. The van der Waals surface area contributed by atoms with Crippen molar-refractivity contribution in [1.29, 1.82) is 0 Å². The fourth-order valence-corrected chi connectivity index (χ4v) is 3.88. The third-order valence-corrected chi connectivity index (χ3v) is 5.30. The number of carbonyl (C=O) groups excluding carboxylic acids is 1. The molecule has 1 heterocycles. The maximum Gasteiger partial charge on any atom is 0.410 e. The van der Waals surface area contributed by atoms with Crippen LogP contribution in [0.1, 0.15) is 29.7 Å². The highest BCUT2D eigenvalue weighted by atomic mass is 79.9. The minimum atomic E-state index is -0.311. The van der Waals surface area contributed by atoms with E-state index in [1.54, 1.807) is 19.1 Å². The molecule has 6 heteroatoms. The summed E-state index contributed by atoms with van der Waals surface area (Å²) in [6.45, 7) is 2.74. The molecule has 138 valence electrons. The lowest BCUT2D eigenvalue weighted by Gasteiger charge is -2.37. The molecule has 26 heavy (non-hydrogen) atoms. The van der Waals surface area contributed by atoms with Crippen molar-refractivity contribution in [2.75, 3.05) is 27.4 Å². The second kappa shape index (κ2) is 7.99. The van der Waals surface area contributed by atoms with Gasteiger partial charge in [-0.05, 0) is 48.2 Å². The van der Waals surface area contributed by atoms with Gasteiger partial charge in [-0.1, -0.05) is 34.1 Å². The van der Waals surface area contributed by atoms with Crippen LogP contribution in [0.15, 0.2) is 40.9 Å². The van der Waals surface area contributed by atoms with Crippen molar-refractivity contribution in [3.05, 3.63) is 57.6 Å². The molecule has 1 atom stereocenters. The zero-order chi connectivity index (χ0) is 18.7. The monoisotopic (exact) mass is 419 g/mol. The van der Waals surface area contributed by atoms with Crippen LogP contribution < -0.4 is 9.47 Å². The lowest BCUT2D eigenvalue weighted by molar-refractivity contribution is 0.0935. The third kappa shape index (κ3) is 3.38. The molecule has 1 aliphatic heterocycles. The van der Waals surface area contributed by atoms with E-state index >= 15 is 0 Å². The van der Waals surface area contributed by atoms with Crippen molar-refractivity contribution in [2.24, 2.45) is 0 Å². The Morgan fingerprint density at radius 3 is 2.50 bits per heavy atom. The molecule has 0 N–H and O–H groups in total. The number of halogens is 1. The van der Waals surface area contributed by atoms with Gasteiger partial charge in [-0.15, -0.1) is 0 Å². The maximum atomic E-state index is 12.6. The Morgan fingerprint density at radius 2 is 1.85 bits per heavy atom. The molecular formula is C20H22BrNO4. The summed E-state index contributed by atoms with van der Waals surface area (Å²) in [5, 5.41) is 0. The van der Waals surface area contributed by atoms with Crippen LogP contribution in [-0.2, 0) is 11.2 Å². The number of rotatable bonds is 4. The molecule has 0 fully saturated rings. The summed E-state index contributed by atoms with van der Waals surface area (Å²) in [5.41, 5.74) is 3.17. The van der Waals surface area contributed by atoms with E-state index in [-0.39, 0.29) is 12.1 Å². The van der Waals surface area contributed by atoms with Gasteiger partial charge in [0.1, 0.15) is 0 Å². The molecule has 1 unspecified atom stereocenters. The van der Waals surface area contributed by atoms with Gasteiger partial charge in [-0.2, -0.15) is 0 Å². The van der Waals surface area contributed by atoms with E-state index in [1.165, 1.54) is 0 Å². The summed E-state index contributed by atoms with van der Waals surface area (Å²) in [4.78, 5) is 14.4. The van der Waals surface area contributed by atoms with Crippen LogP contribution in [0.2, 0.25) is 0 Å². The fourth-order valence-electron chi connectivity index (χ4n) is 3.38. The Labute approximate surface area is 162 Å². The van der Waals surface area contributed by atoms with E-state index < -0.39 is 0 Å². The summed E-state index contributed by atoms with van der Waals surface area (Å²) < 4.78 is 17.2. The number of hydrogen-bond acceptors (Lipinski definition) is 4. The van der Waals surface area contributed by atoms with E-state index in [2.05, 4.69) is 15.9 Å². The van der Waals surface area contributed by atoms with Gasteiger partial charge in [0.15, 0.2) is 11.5 Å². The van der Waals surface area contributed by atoms with Crippen molar-refractivity contribution in [3.63, 3.8) is 0 Å². The minimum Gasteiger partial charge on any atom is -0.493 e. The summed E-state index contributed by atoms with van der Waals surface area (Å²) in [7, 11) is 3.24. The standard InChI is InChI=1S/C20H22BrNO4/c1-4-26-20(23)22-10-9-13-11-17(24-2)18(25-3)12-15(13)19(22)14-7-5-6-8-16(14)21/h5-8,11-12,19H,4,9-10H2,1-3H3. The Kier molecular flexibility index (Phi) is 5.71. The van der Waals surface area contributed by atoms with E-state index in [4.69, 9.17) is 14.2 Å². The van der Waals surface area contributed by atoms with Crippen LogP contribution >= 0.6 is 15.9 Å². The Morgan fingerprint density at radius 1 is 1.15 bits per heavy atom. The highest BCUT2D eigenvalue weighted by Crippen LogP contribution is 2.42. The van der Waals surface area contributed by atoms with Gasteiger partial charge in [0.05, 0.1) is 26.9 Å². The first-order valence-electron chi connectivity index (χ1n) is 8.53. The van der Waals surface area contributed by atoms with E-state index in [0.717, 1.165) is 27.6 Å². The van der Waals surface area contributed by atoms with Crippen LogP contribution in [0, 0.1) is 0 Å². The van der Waals surface area contributed by atoms with Crippen LogP contribution in [0.3, 0.4) is 0 Å². The van der Waals surface area contributed by atoms with Gasteiger partial charge in [0.2, 0.25) is 0 Å². The number of fused-ring (bicyclic) bond motifs is 1. The van der Waals surface area contributed by atoms with Crippen LogP contribution in [0.4, 0.5) is 4.79 Å². The second-order valence-electron chi connectivity index (χ2n) is 5.97.